The van der Waals surface area contributed by atoms with Crippen molar-refractivity contribution in [3.8, 4) is 0 Å². The number of hydrogen-bond donors (Lipinski definition) is 1. The third-order valence-corrected chi connectivity index (χ3v) is 8.05. The van der Waals surface area contributed by atoms with Gasteiger partial charge in [0.25, 0.3) is 0 Å². The lowest BCUT2D eigenvalue weighted by molar-refractivity contribution is -0.126. The van der Waals surface area contributed by atoms with Crippen LogP contribution in [0.5, 0.6) is 0 Å². The summed E-state index contributed by atoms with van der Waals surface area (Å²) in [6, 6.07) is 10.1. The SMILES string of the molecule is Cc1cc(C)c([C@@H](C)NC(=O)C2CCN(S(=O)(=O)Cc3ccccc3F)CC2)cc1C. The number of nitrogens with one attached hydrogen (secondary N) is 1. The molecule has 2 aromatic carbocycles. The van der Waals surface area contributed by atoms with Crippen LogP contribution < -0.4 is 5.32 Å². The summed E-state index contributed by atoms with van der Waals surface area (Å²) >= 11 is 0. The number of benzene rings is 2. The highest BCUT2D eigenvalue weighted by molar-refractivity contribution is 7.88. The standard InChI is InChI=1S/C24H31FN2O3S/c1-16-13-18(3)22(14-17(16)2)19(4)26-24(28)20-9-11-27(12-10-20)31(29,30)15-21-7-5-6-8-23(21)25/h5-8,13-14,19-20H,9-12,15H2,1-4H3,(H,26,28)/t19-/m1/s1. The zero-order chi connectivity index (χ0) is 22.8. The monoisotopic (exact) mass is 446 g/mol. The molecule has 0 radical (unpaired) electrons. The maximum absolute atomic E-state index is 13.9. The molecular weight excluding hydrogens is 415 g/mol. The number of halogens is 1. The average Bonchev–Trinajstić information content (AvgIpc) is 2.72. The lowest BCUT2D eigenvalue weighted by Crippen LogP contribution is -2.43. The summed E-state index contributed by atoms with van der Waals surface area (Å²) in [6.07, 6.45) is 0.919. The molecule has 7 heteroatoms. The van der Waals surface area contributed by atoms with Crippen molar-refractivity contribution in [3.63, 3.8) is 0 Å². The van der Waals surface area contributed by atoms with Crippen LogP contribution >= 0.6 is 0 Å². The van der Waals surface area contributed by atoms with E-state index in [-0.39, 0.29) is 42.3 Å². The van der Waals surface area contributed by atoms with Crippen LogP contribution in [0.15, 0.2) is 36.4 Å². The van der Waals surface area contributed by atoms with Crippen LogP contribution in [0.2, 0.25) is 0 Å². The van der Waals surface area contributed by atoms with E-state index < -0.39 is 15.8 Å². The Labute approximate surface area is 184 Å². The molecule has 1 atom stereocenters. The highest BCUT2D eigenvalue weighted by Crippen LogP contribution is 2.25. The topological polar surface area (TPSA) is 66.5 Å². The number of sulfonamides is 1. The van der Waals surface area contributed by atoms with Gasteiger partial charge in [0.05, 0.1) is 11.8 Å². The Bertz CT molecular complexity index is 1060. The fourth-order valence-corrected chi connectivity index (χ4v) is 5.73. The van der Waals surface area contributed by atoms with Crippen LogP contribution in [0, 0.1) is 32.5 Å². The molecule has 0 bridgehead atoms. The quantitative estimate of drug-likeness (QED) is 0.724. The summed E-state index contributed by atoms with van der Waals surface area (Å²) in [6.45, 7) is 8.69. The van der Waals surface area contributed by atoms with Gasteiger partial charge >= 0.3 is 0 Å². The number of amides is 1. The Morgan fingerprint density at radius 1 is 1.10 bits per heavy atom. The van der Waals surface area contributed by atoms with E-state index in [1.54, 1.807) is 6.07 Å². The molecule has 3 rings (SSSR count). The number of hydrogen-bond acceptors (Lipinski definition) is 3. The fraction of sp³-hybridized carbons (Fsp3) is 0.458. The van der Waals surface area contributed by atoms with E-state index in [0.717, 1.165) is 11.1 Å². The highest BCUT2D eigenvalue weighted by atomic mass is 32.2. The van der Waals surface area contributed by atoms with Gasteiger partial charge in [0, 0.05) is 24.6 Å². The van der Waals surface area contributed by atoms with Gasteiger partial charge in [0.2, 0.25) is 15.9 Å². The van der Waals surface area contributed by atoms with Crippen LogP contribution in [-0.4, -0.2) is 31.7 Å². The van der Waals surface area contributed by atoms with Crippen molar-refractivity contribution >= 4 is 15.9 Å². The largest absolute Gasteiger partial charge is 0.349 e. The zero-order valence-electron chi connectivity index (χ0n) is 18.6. The second-order valence-electron chi connectivity index (χ2n) is 8.54. The Balaban J connectivity index is 1.58. The minimum absolute atomic E-state index is 0.0451. The van der Waals surface area contributed by atoms with E-state index in [2.05, 4.69) is 31.3 Å². The molecule has 0 aliphatic carbocycles. The van der Waals surface area contributed by atoms with Gasteiger partial charge in [-0.15, -0.1) is 0 Å². The zero-order valence-corrected chi connectivity index (χ0v) is 19.4. The first kappa shape index (κ1) is 23.4. The Morgan fingerprint density at radius 2 is 1.71 bits per heavy atom. The summed E-state index contributed by atoms with van der Waals surface area (Å²) < 4.78 is 40.6. The Hall–Kier alpha value is -2.25. The maximum atomic E-state index is 13.9. The second kappa shape index (κ2) is 9.49. The molecule has 1 amide bonds. The van der Waals surface area contributed by atoms with Crippen LogP contribution in [0.3, 0.4) is 0 Å². The van der Waals surface area contributed by atoms with Gasteiger partial charge in [-0.2, -0.15) is 0 Å². The number of nitrogens with zero attached hydrogens (tertiary/aromatic N) is 1. The molecule has 1 heterocycles. The Kier molecular flexibility index (Phi) is 7.17. The molecule has 168 valence electrons. The van der Waals surface area contributed by atoms with Gasteiger partial charge in [-0.25, -0.2) is 17.1 Å². The van der Waals surface area contributed by atoms with Crippen molar-refractivity contribution in [2.75, 3.05) is 13.1 Å². The van der Waals surface area contributed by atoms with Crippen LogP contribution in [-0.2, 0) is 20.6 Å². The number of aryl methyl sites for hydroxylation is 3. The minimum Gasteiger partial charge on any atom is -0.349 e. The molecule has 0 unspecified atom stereocenters. The number of carbonyl (C=O) groups is 1. The number of carbonyl (C=O) groups excluding carboxylic acids is 1. The normalized spacial score (nSPS) is 16.8. The van der Waals surface area contributed by atoms with Crippen molar-refractivity contribution < 1.29 is 17.6 Å². The van der Waals surface area contributed by atoms with Crippen molar-refractivity contribution in [2.24, 2.45) is 5.92 Å². The molecule has 5 nitrogen and oxygen atoms in total. The van der Waals surface area contributed by atoms with Crippen molar-refractivity contribution in [1.29, 1.82) is 0 Å². The summed E-state index contributed by atoms with van der Waals surface area (Å²) in [5.74, 6) is -1.15. The molecule has 1 fully saturated rings. The van der Waals surface area contributed by atoms with E-state index in [9.17, 15) is 17.6 Å². The molecule has 1 aliphatic heterocycles. The molecule has 0 saturated carbocycles. The fourth-order valence-electron chi connectivity index (χ4n) is 4.16. The lowest BCUT2D eigenvalue weighted by atomic mass is 9.94. The number of piperidine rings is 1. The molecule has 0 spiro atoms. The maximum Gasteiger partial charge on any atom is 0.223 e. The lowest BCUT2D eigenvalue weighted by Gasteiger charge is -2.31. The van der Waals surface area contributed by atoms with E-state index in [1.807, 2.05) is 13.8 Å². The average molecular weight is 447 g/mol. The molecular formula is C24H31FN2O3S. The smallest absolute Gasteiger partial charge is 0.223 e. The molecule has 0 aromatic heterocycles. The van der Waals surface area contributed by atoms with Crippen molar-refractivity contribution in [3.05, 3.63) is 70.0 Å². The van der Waals surface area contributed by atoms with E-state index in [1.165, 1.54) is 33.6 Å². The molecule has 1 N–H and O–H groups in total. The van der Waals surface area contributed by atoms with Crippen LogP contribution in [0.4, 0.5) is 4.39 Å². The minimum atomic E-state index is -3.63. The third kappa shape index (κ3) is 5.52. The van der Waals surface area contributed by atoms with Crippen LogP contribution in [0.1, 0.15) is 53.6 Å². The highest BCUT2D eigenvalue weighted by Gasteiger charge is 2.32. The third-order valence-electron chi connectivity index (χ3n) is 6.22. The van der Waals surface area contributed by atoms with E-state index in [4.69, 9.17) is 0 Å². The summed E-state index contributed by atoms with van der Waals surface area (Å²) in [5, 5.41) is 3.10. The van der Waals surface area contributed by atoms with Gasteiger partial charge in [-0.1, -0.05) is 30.3 Å². The predicted molar refractivity (Wildman–Crippen MR) is 121 cm³/mol. The van der Waals surface area contributed by atoms with Gasteiger partial charge in [0.15, 0.2) is 0 Å². The van der Waals surface area contributed by atoms with Crippen LogP contribution in [0.25, 0.3) is 0 Å². The van der Waals surface area contributed by atoms with Gasteiger partial charge in [0.1, 0.15) is 5.82 Å². The molecule has 31 heavy (non-hydrogen) atoms. The molecule has 1 aliphatic rings. The van der Waals surface area contributed by atoms with E-state index in [0.29, 0.717) is 12.8 Å². The summed E-state index contributed by atoms with van der Waals surface area (Å²) in [4.78, 5) is 12.8. The molecule has 1 saturated heterocycles. The number of rotatable bonds is 6. The first-order valence-corrected chi connectivity index (χ1v) is 12.3. The molecule has 2 aromatic rings. The van der Waals surface area contributed by atoms with Gasteiger partial charge in [-0.3, -0.25) is 4.79 Å². The predicted octanol–water partition coefficient (Wildman–Crippen LogP) is 4.17. The second-order valence-corrected chi connectivity index (χ2v) is 10.5. The Morgan fingerprint density at radius 3 is 2.35 bits per heavy atom. The van der Waals surface area contributed by atoms with E-state index >= 15 is 0 Å². The van der Waals surface area contributed by atoms with Crippen molar-refractivity contribution in [1.82, 2.24) is 9.62 Å². The summed E-state index contributed by atoms with van der Waals surface area (Å²) in [5.41, 5.74) is 4.82. The van der Waals surface area contributed by atoms with Gasteiger partial charge in [-0.05, 0) is 68.9 Å². The first-order chi connectivity index (χ1) is 14.6. The first-order valence-electron chi connectivity index (χ1n) is 10.7. The van der Waals surface area contributed by atoms with Gasteiger partial charge < -0.3 is 5.32 Å². The summed E-state index contributed by atoms with van der Waals surface area (Å²) in [7, 11) is -3.63. The van der Waals surface area contributed by atoms with Crippen molar-refractivity contribution in [2.45, 2.75) is 52.3 Å².